The van der Waals surface area contributed by atoms with Gasteiger partial charge >= 0.3 is 5.97 Å². The highest BCUT2D eigenvalue weighted by molar-refractivity contribution is 6.13. The van der Waals surface area contributed by atoms with Crippen LogP contribution in [0.15, 0.2) is 59.3 Å². The number of allylic oxidation sites excluding steroid dienone is 2. The lowest BCUT2D eigenvalue weighted by Crippen LogP contribution is -2.29. The highest BCUT2D eigenvalue weighted by Gasteiger charge is 2.45. The molecule has 2 aliphatic rings. The first-order valence-electron chi connectivity index (χ1n) is 8.18. The Bertz CT molecular complexity index is 863. The largest absolute Gasteiger partial charge is 0.496 e. The zero-order valence-electron chi connectivity index (χ0n) is 14.8. The van der Waals surface area contributed by atoms with Gasteiger partial charge in [-0.05, 0) is 12.5 Å². The Morgan fingerprint density at radius 1 is 1.12 bits per heavy atom. The van der Waals surface area contributed by atoms with Crippen LogP contribution in [0.5, 0.6) is 0 Å². The molecule has 1 unspecified atom stereocenters. The Labute approximate surface area is 151 Å². The summed E-state index contributed by atoms with van der Waals surface area (Å²) in [5.41, 5.74) is 1.98. The Kier molecular flexibility index (Phi) is 4.75. The zero-order valence-corrected chi connectivity index (χ0v) is 14.8. The molecule has 1 aromatic rings. The van der Waals surface area contributed by atoms with Gasteiger partial charge in [0.05, 0.1) is 25.4 Å². The average Bonchev–Trinajstić information content (AvgIpc) is 2.94. The fraction of sp³-hybridized carbons (Fsp3) is 0.250. The van der Waals surface area contributed by atoms with E-state index in [0.717, 1.165) is 10.5 Å². The number of fused-ring (bicyclic) bond motifs is 1. The monoisotopic (exact) mass is 353 g/mol. The van der Waals surface area contributed by atoms with Crippen LogP contribution in [0.4, 0.5) is 0 Å². The predicted octanol–water partition coefficient (Wildman–Crippen LogP) is 2.44. The number of amides is 2. The normalized spacial score (nSPS) is 20.8. The summed E-state index contributed by atoms with van der Waals surface area (Å²) in [4.78, 5) is 38.1. The Balaban J connectivity index is 2.16. The van der Waals surface area contributed by atoms with Crippen LogP contribution in [-0.4, -0.2) is 36.9 Å². The van der Waals surface area contributed by atoms with Gasteiger partial charge in [-0.2, -0.15) is 0 Å². The van der Waals surface area contributed by atoms with Gasteiger partial charge in [-0.3, -0.25) is 14.5 Å². The van der Waals surface area contributed by atoms with Gasteiger partial charge in [-0.15, -0.1) is 0 Å². The second kappa shape index (κ2) is 7.00. The molecule has 1 aromatic carbocycles. The predicted molar refractivity (Wildman–Crippen MR) is 94.2 cm³/mol. The van der Waals surface area contributed by atoms with Crippen molar-refractivity contribution in [2.75, 3.05) is 14.2 Å². The molecule has 0 aromatic heterocycles. The molecule has 0 radical (unpaired) electrons. The van der Waals surface area contributed by atoms with Crippen LogP contribution < -0.4 is 0 Å². The maximum atomic E-state index is 13.0. The van der Waals surface area contributed by atoms with Gasteiger partial charge in [0.2, 0.25) is 5.91 Å². The Hall–Kier alpha value is -3.15. The summed E-state index contributed by atoms with van der Waals surface area (Å²) < 4.78 is 10.3. The molecule has 1 aliphatic heterocycles. The number of esters is 1. The van der Waals surface area contributed by atoms with Gasteiger partial charge < -0.3 is 9.47 Å². The van der Waals surface area contributed by atoms with E-state index in [2.05, 4.69) is 0 Å². The van der Waals surface area contributed by atoms with Crippen LogP contribution in [0.3, 0.4) is 0 Å². The van der Waals surface area contributed by atoms with Crippen molar-refractivity contribution in [3.05, 3.63) is 64.9 Å². The van der Waals surface area contributed by atoms with Crippen molar-refractivity contribution in [3.63, 3.8) is 0 Å². The summed E-state index contributed by atoms with van der Waals surface area (Å²) >= 11 is 0. The molecule has 1 heterocycles. The van der Waals surface area contributed by atoms with Crippen molar-refractivity contribution in [2.45, 2.75) is 13.3 Å². The third-order valence-corrected chi connectivity index (χ3v) is 4.49. The van der Waals surface area contributed by atoms with E-state index in [1.54, 1.807) is 12.2 Å². The Morgan fingerprint density at radius 2 is 1.81 bits per heavy atom. The van der Waals surface area contributed by atoms with Crippen LogP contribution in [-0.2, 0) is 23.9 Å². The molecule has 0 spiro atoms. The molecule has 1 aliphatic carbocycles. The molecule has 134 valence electrons. The first-order chi connectivity index (χ1) is 12.5. The number of methoxy groups -OCH3 is 2. The van der Waals surface area contributed by atoms with Crippen LogP contribution in [0, 0.1) is 5.92 Å². The lowest BCUT2D eigenvalue weighted by molar-refractivity contribution is -0.138. The number of imide groups is 1. The van der Waals surface area contributed by atoms with Crippen LogP contribution in [0.25, 0.3) is 5.76 Å². The molecule has 1 fully saturated rings. The summed E-state index contributed by atoms with van der Waals surface area (Å²) in [6, 6.07) is 9.26. The molecule has 0 saturated carbocycles. The van der Waals surface area contributed by atoms with E-state index in [-0.39, 0.29) is 5.92 Å². The molecule has 2 amide bonds. The SMILES string of the molecule is COC(=O)C1=CCC2C(=C1)N(C(C)=O)C(=O)/C2=C(/OC)c1ccccc1. The van der Waals surface area contributed by atoms with Crippen molar-refractivity contribution in [3.8, 4) is 0 Å². The van der Waals surface area contributed by atoms with Crippen molar-refractivity contribution in [1.82, 2.24) is 4.90 Å². The molecule has 1 saturated heterocycles. The molecule has 0 N–H and O–H groups in total. The number of nitrogens with zero attached hydrogens (tertiary/aromatic N) is 1. The summed E-state index contributed by atoms with van der Waals surface area (Å²) in [6.45, 7) is 1.32. The van der Waals surface area contributed by atoms with Crippen molar-refractivity contribution in [2.24, 2.45) is 5.92 Å². The number of benzene rings is 1. The van der Waals surface area contributed by atoms with Crippen LogP contribution >= 0.6 is 0 Å². The van der Waals surface area contributed by atoms with Crippen LogP contribution in [0.2, 0.25) is 0 Å². The first kappa shape index (κ1) is 17.7. The second-order valence-corrected chi connectivity index (χ2v) is 5.98. The standard InChI is InChI=1S/C20H19NO5/c1-12(22)21-16-11-14(20(24)26-3)9-10-15(16)17(19(21)23)18(25-2)13-7-5-4-6-8-13/h4-9,11,15H,10H2,1-3H3/b18-17+. The highest BCUT2D eigenvalue weighted by atomic mass is 16.5. The van der Waals surface area contributed by atoms with E-state index in [1.807, 2.05) is 30.3 Å². The summed E-state index contributed by atoms with van der Waals surface area (Å²) in [5, 5.41) is 0. The number of rotatable bonds is 3. The fourth-order valence-corrected chi connectivity index (χ4v) is 3.37. The van der Waals surface area contributed by atoms with Gasteiger partial charge in [0.15, 0.2) is 0 Å². The lowest BCUT2D eigenvalue weighted by Gasteiger charge is -2.20. The molecule has 26 heavy (non-hydrogen) atoms. The fourth-order valence-electron chi connectivity index (χ4n) is 3.37. The second-order valence-electron chi connectivity index (χ2n) is 5.98. The lowest BCUT2D eigenvalue weighted by atomic mass is 9.88. The van der Waals surface area contributed by atoms with Crippen molar-refractivity contribution >= 4 is 23.5 Å². The highest BCUT2D eigenvalue weighted by Crippen LogP contribution is 2.43. The number of likely N-dealkylation sites (tertiary alicyclic amines) is 1. The topological polar surface area (TPSA) is 72.9 Å². The Morgan fingerprint density at radius 3 is 2.38 bits per heavy atom. The van der Waals surface area contributed by atoms with Gasteiger partial charge in [0.1, 0.15) is 5.76 Å². The summed E-state index contributed by atoms with van der Waals surface area (Å²) in [5.74, 6) is -1.25. The van der Waals surface area contributed by atoms with Crippen molar-refractivity contribution < 1.29 is 23.9 Å². The smallest absolute Gasteiger partial charge is 0.337 e. The van der Waals surface area contributed by atoms with E-state index in [0.29, 0.717) is 29.0 Å². The van der Waals surface area contributed by atoms with E-state index in [9.17, 15) is 14.4 Å². The van der Waals surface area contributed by atoms with Gasteiger partial charge in [-0.1, -0.05) is 36.4 Å². The van der Waals surface area contributed by atoms with Gasteiger partial charge in [0, 0.05) is 24.1 Å². The van der Waals surface area contributed by atoms with E-state index in [4.69, 9.17) is 9.47 Å². The van der Waals surface area contributed by atoms with E-state index in [1.165, 1.54) is 21.1 Å². The van der Waals surface area contributed by atoms with E-state index < -0.39 is 17.8 Å². The molecule has 6 nitrogen and oxygen atoms in total. The summed E-state index contributed by atoms with van der Waals surface area (Å²) in [7, 11) is 2.79. The van der Waals surface area contributed by atoms with Gasteiger partial charge in [0.25, 0.3) is 5.91 Å². The minimum Gasteiger partial charge on any atom is -0.496 e. The number of carbonyl (C=O) groups is 3. The quantitative estimate of drug-likeness (QED) is 0.474. The van der Waals surface area contributed by atoms with Gasteiger partial charge in [-0.25, -0.2) is 4.79 Å². The average molecular weight is 353 g/mol. The molecule has 6 heteroatoms. The number of hydrogen-bond acceptors (Lipinski definition) is 5. The first-order valence-corrected chi connectivity index (χ1v) is 8.18. The molecular weight excluding hydrogens is 334 g/mol. The minimum atomic E-state index is -0.501. The molecule has 0 bridgehead atoms. The third-order valence-electron chi connectivity index (χ3n) is 4.49. The molecule has 3 rings (SSSR count). The minimum absolute atomic E-state index is 0.331. The third kappa shape index (κ3) is 2.83. The maximum absolute atomic E-state index is 13.0. The van der Waals surface area contributed by atoms with Crippen LogP contribution in [0.1, 0.15) is 18.9 Å². The molecule has 1 atom stereocenters. The van der Waals surface area contributed by atoms with E-state index >= 15 is 0 Å². The number of carbonyl (C=O) groups excluding carboxylic acids is 3. The number of hydrogen-bond donors (Lipinski definition) is 0. The zero-order chi connectivity index (χ0) is 18.8. The maximum Gasteiger partial charge on any atom is 0.337 e. The summed E-state index contributed by atoms with van der Waals surface area (Å²) in [6.07, 6.45) is 3.67. The molecular formula is C20H19NO5. The number of ether oxygens (including phenoxy) is 2. The van der Waals surface area contributed by atoms with Crippen molar-refractivity contribution in [1.29, 1.82) is 0 Å².